The van der Waals surface area contributed by atoms with E-state index in [-0.39, 0.29) is 12.0 Å². The van der Waals surface area contributed by atoms with E-state index in [1.54, 1.807) is 0 Å². The molecule has 0 rings (SSSR count). The van der Waals surface area contributed by atoms with Gasteiger partial charge in [0.1, 0.15) is 0 Å². The first-order chi connectivity index (χ1) is 7.05. The quantitative estimate of drug-likeness (QED) is 0.626. The van der Waals surface area contributed by atoms with Crippen LogP contribution in [0.2, 0.25) is 0 Å². The zero-order valence-corrected chi connectivity index (χ0v) is 10.3. The highest BCUT2D eigenvalue weighted by Gasteiger charge is 2.15. The van der Waals surface area contributed by atoms with Crippen LogP contribution in [0.4, 0.5) is 0 Å². The summed E-state index contributed by atoms with van der Waals surface area (Å²) in [5.74, 6) is 0. The molecule has 0 spiro atoms. The minimum Gasteiger partial charge on any atom is -0.395 e. The van der Waals surface area contributed by atoms with Crippen molar-refractivity contribution >= 4 is 0 Å². The fourth-order valence-corrected chi connectivity index (χ4v) is 1.53. The smallest absolute Gasteiger partial charge is 0.0683 e. The van der Waals surface area contributed by atoms with Crippen molar-refractivity contribution in [3.05, 3.63) is 0 Å². The molecule has 0 aromatic heterocycles. The minimum atomic E-state index is -0.186. The van der Waals surface area contributed by atoms with Gasteiger partial charge in [0.2, 0.25) is 0 Å². The molecule has 0 aliphatic rings. The van der Waals surface area contributed by atoms with Crippen LogP contribution >= 0.6 is 0 Å². The monoisotopic (exact) mass is 212 g/mol. The molecule has 0 atom stereocenters. The standard InChI is InChI=1S/C12H24N2O/c1-4-14(9-10-15)8-6-5-7-12(2,3)11-13/h15H,4-10H2,1-3H3. The highest BCUT2D eigenvalue weighted by molar-refractivity contribution is 4.91. The predicted octanol–water partition coefficient (Wildman–Crippen LogP) is 2.02. The van der Waals surface area contributed by atoms with Crippen LogP contribution in [0.15, 0.2) is 0 Å². The van der Waals surface area contributed by atoms with Gasteiger partial charge in [0.05, 0.1) is 18.1 Å². The second kappa shape index (κ2) is 7.67. The molecule has 3 nitrogen and oxygen atoms in total. The van der Waals surface area contributed by atoms with Gasteiger partial charge in [-0.1, -0.05) is 13.3 Å². The zero-order valence-electron chi connectivity index (χ0n) is 10.3. The van der Waals surface area contributed by atoms with Crippen LogP contribution in [0.5, 0.6) is 0 Å². The number of hydrogen-bond donors (Lipinski definition) is 1. The van der Waals surface area contributed by atoms with Crippen molar-refractivity contribution in [3.8, 4) is 6.07 Å². The van der Waals surface area contributed by atoms with Gasteiger partial charge in [-0.25, -0.2) is 0 Å². The summed E-state index contributed by atoms with van der Waals surface area (Å²) in [5.41, 5.74) is -0.186. The van der Waals surface area contributed by atoms with Gasteiger partial charge in [-0.05, 0) is 39.8 Å². The summed E-state index contributed by atoms with van der Waals surface area (Å²) in [6.45, 7) is 9.09. The molecule has 0 fully saturated rings. The predicted molar refractivity (Wildman–Crippen MR) is 62.4 cm³/mol. The molecule has 88 valence electrons. The Morgan fingerprint density at radius 1 is 1.27 bits per heavy atom. The number of nitrogens with zero attached hydrogens (tertiary/aromatic N) is 2. The maximum Gasteiger partial charge on any atom is 0.0683 e. The lowest BCUT2D eigenvalue weighted by atomic mass is 9.89. The van der Waals surface area contributed by atoms with E-state index >= 15 is 0 Å². The average Bonchev–Trinajstić information content (AvgIpc) is 2.22. The Hall–Kier alpha value is -0.590. The summed E-state index contributed by atoms with van der Waals surface area (Å²) in [4.78, 5) is 2.24. The molecule has 1 N–H and O–H groups in total. The van der Waals surface area contributed by atoms with Gasteiger partial charge >= 0.3 is 0 Å². The number of aliphatic hydroxyl groups is 1. The number of aliphatic hydroxyl groups excluding tert-OH is 1. The SMILES string of the molecule is CCN(CCO)CCCCC(C)(C)C#N. The molecule has 3 heteroatoms. The Morgan fingerprint density at radius 3 is 2.40 bits per heavy atom. The van der Waals surface area contributed by atoms with Gasteiger partial charge in [0.25, 0.3) is 0 Å². The molecular weight excluding hydrogens is 188 g/mol. The lowest BCUT2D eigenvalue weighted by Gasteiger charge is -2.20. The van der Waals surface area contributed by atoms with Crippen molar-refractivity contribution in [2.45, 2.75) is 40.0 Å². The van der Waals surface area contributed by atoms with Crippen molar-refractivity contribution in [2.24, 2.45) is 5.41 Å². The number of nitriles is 1. The summed E-state index contributed by atoms with van der Waals surface area (Å²) in [6.07, 6.45) is 3.15. The normalized spacial score (nSPS) is 11.7. The average molecular weight is 212 g/mol. The van der Waals surface area contributed by atoms with E-state index in [4.69, 9.17) is 10.4 Å². The van der Waals surface area contributed by atoms with Gasteiger partial charge in [-0.15, -0.1) is 0 Å². The van der Waals surface area contributed by atoms with Gasteiger partial charge in [0, 0.05) is 6.54 Å². The van der Waals surface area contributed by atoms with E-state index in [0.29, 0.717) is 0 Å². The third-order valence-corrected chi connectivity index (χ3v) is 2.69. The fourth-order valence-electron chi connectivity index (χ4n) is 1.53. The Bertz CT molecular complexity index is 196. The Morgan fingerprint density at radius 2 is 1.93 bits per heavy atom. The Kier molecular flexibility index (Phi) is 7.37. The topological polar surface area (TPSA) is 47.3 Å². The second-order valence-electron chi connectivity index (χ2n) is 4.61. The fraction of sp³-hybridized carbons (Fsp3) is 0.917. The summed E-state index contributed by atoms with van der Waals surface area (Å²) < 4.78 is 0. The van der Waals surface area contributed by atoms with Gasteiger partial charge < -0.3 is 10.0 Å². The molecule has 0 aliphatic heterocycles. The van der Waals surface area contributed by atoms with E-state index in [2.05, 4.69) is 17.9 Å². The van der Waals surface area contributed by atoms with Gasteiger partial charge in [0.15, 0.2) is 0 Å². The third-order valence-electron chi connectivity index (χ3n) is 2.69. The zero-order chi connectivity index (χ0) is 11.7. The van der Waals surface area contributed by atoms with Crippen LogP contribution in [0.3, 0.4) is 0 Å². The summed E-state index contributed by atoms with van der Waals surface area (Å²) in [5, 5.41) is 17.6. The molecule has 0 radical (unpaired) electrons. The molecule has 0 aromatic carbocycles. The number of rotatable bonds is 8. The van der Waals surface area contributed by atoms with Gasteiger partial charge in [-0.3, -0.25) is 0 Å². The largest absolute Gasteiger partial charge is 0.395 e. The highest BCUT2D eigenvalue weighted by Crippen LogP contribution is 2.21. The summed E-state index contributed by atoms with van der Waals surface area (Å²) in [6, 6.07) is 2.31. The first kappa shape index (κ1) is 14.4. The summed E-state index contributed by atoms with van der Waals surface area (Å²) in [7, 11) is 0. The van der Waals surface area contributed by atoms with E-state index in [9.17, 15) is 0 Å². The van der Waals surface area contributed by atoms with E-state index in [1.165, 1.54) is 0 Å². The van der Waals surface area contributed by atoms with Crippen LogP contribution in [0, 0.1) is 16.7 Å². The van der Waals surface area contributed by atoms with Crippen LogP contribution in [-0.4, -0.2) is 36.2 Å². The molecule has 0 saturated heterocycles. The maximum atomic E-state index is 8.84. The second-order valence-corrected chi connectivity index (χ2v) is 4.61. The van der Waals surface area contributed by atoms with Crippen molar-refractivity contribution in [3.63, 3.8) is 0 Å². The third kappa shape index (κ3) is 7.35. The van der Waals surface area contributed by atoms with Gasteiger partial charge in [-0.2, -0.15) is 5.26 Å². The van der Waals surface area contributed by atoms with Crippen LogP contribution in [-0.2, 0) is 0 Å². The molecule has 0 saturated carbocycles. The lowest BCUT2D eigenvalue weighted by molar-refractivity contribution is 0.198. The molecule has 0 unspecified atom stereocenters. The van der Waals surface area contributed by atoms with E-state index in [0.717, 1.165) is 38.9 Å². The summed E-state index contributed by atoms with van der Waals surface area (Å²) >= 11 is 0. The number of hydrogen-bond acceptors (Lipinski definition) is 3. The molecule has 0 heterocycles. The van der Waals surface area contributed by atoms with Crippen LogP contribution in [0.1, 0.15) is 40.0 Å². The van der Waals surface area contributed by atoms with Crippen molar-refractivity contribution in [1.82, 2.24) is 4.90 Å². The highest BCUT2D eigenvalue weighted by atomic mass is 16.3. The molecule has 0 bridgehead atoms. The maximum absolute atomic E-state index is 8.84. The van der Waals surface area contributed by atoms with Crippen molar-refractivity contribution in [2.75, 3.05) is 26.2 Å². The lowest BCUT2D eigenvalue weighted by Crippen LogP contribution is -2.27. The van der Waals surface area contributed by atoms with E-state index < -0.39 is 0 Å². The van der Waals surface area contributed by atoms with Crippen LogP contribution in [0.25, 0.3) is 0 Å². The molecule has 0 aliphatic carbocycles. The molecular formula is C12H24N2O. The van der Waals surface area contributed by atoms with Crippen LogP contribution < -0.4 is 0 Å². The Labute approximate surface area is 93.7 Å². The number of unbranched alkanes of at least 4 members (excludes halogenated alkanes) is 1. The Balaban J connectivity index is 3.57. The molecule has 0 amide bonds. The van der Waals surface area contributed by atoms with Crippen molar-refractivity contribution in [1.29, 1.82) is 5.26 Å². The first-order valence-corrected chi connectivity index (χ1v) is 5.80. The molecule has 15 heavy (non-hydrogen) atoms. The van der Waals surface area contributed by atoms with Crippen molar-refractivity contribution < 1.29 is 5.11 Å². The van der Waals surface area contributed by atoms with E-state index in [1.807, 2.05) is 13.8 Å². The first-order valence-electron chi connectivity index (χ1n) is 5.80. The minimum absolute atomic E-state index is 0.186. The molecule has 0 aromatic rings. The number of likely N-dealkylation sites (N-methyl/N-ethyl adjacent to an activating group) is 1.